The zero-order valence-corrected chi connectivity index (χ0v) is 22.9. The monoisotopic (exact) mass is 530 g/mol. The van der Waals surface area contributed by atoms with Crippen molar-refractivity contribution in [3.05, 3.63) is 94.6 Å². The highest BCUT2D eigenvalue weighted by Crippen LogP contribution is 2.42. The topological polar surface area (TPSA) is 88.5 Å². The molecular formula is C31H34N2O6. The van der Waals surface area contributed by atoms with Gasteiger partial charge in [-0.2, -0.15) is 0 Å². The van der Waals surface area contributed by atoms with Crippen LogP contribution in [0.4, 0.5) is 0 Å². The summed E-state index contributed by atoms with van der Waals surface area (Å²) in [5, 5.41) is 11.4. The van der Waals surface area contributed by atoms with Crippen molar-refractivity contribution in [1.82, 2.24) is 9.80 Å². The molecule has 0 radical (unpaired) electrons. The van der Waals surface area contributed by atoms with Gasteiger partial charge in [-0.3, -0.25) is 9.59 Å². The van der Waals surface area contributed by atoms with E-state index in [9.17, 15) is 14.7 Å². The lowest BCUT2D eigenvalue weighted by Crippen LogP contribution is -2.35. The fourth-order valence-corrected chi connectivity index (χ4v) is 4.62. The fraction of sp³-hybridized carbons (Fsp3) is 0.290. The average molecular weight is 531 g/mol. The number of likely N-dealkylation sites (tertiary alicyclic amines) is 1. The number of carbonyl (C=O) groups is 2. The third kappa shape index (κ3) is 6.07. The smallest absolute Gasteiger partial charge is 0.295 e. The summed E-state index contributed by atoms with van der Waals surface area (Å²) in [5.74, 6) is -0.0279. The maximum absolute atomic E-state index is 13.3. The van der Waals surface area contributed by atoms with E-state index >= 15 is 0 Å². The van der Waals surface area contributed by atoms with Gasteiger partial charge in [-0.1, -0.05) is 35.9 Å². The summed E-state index contributed by atoms with van der Waals surface area (Å²) in [4.78, 5) is 29.9. The number of aliphatic hydroxyl groups excluding tert-OH is 1. The van der Waals surface area contributed by atoms with Crippen LogP contribution in [-0.2, 0) is 16.2 Å². The molecule has 1 fully saturated rings. The highest BCUT2D eigenvalue weighted by Gasteiger charge is 2.46. The first kappa shape index (κ1) is 27.7. The Bertz CT molecular complexity index is 1380. The minimum absolute atomic E-state index is 0.0272. The molecule has 1 unspecified atom stereocenters. The number of carbonyl (C=O) groups excluding carboxylic acids is 2. The maximum Gasteiger partial charge on any atom is 0.295 e. The molecule has 0 spiro atoms. The first-order valence-corrected chi connectivity index (χ1v) is 12.7. The molecule has 3 aromatic rings. The number of aryl methyl sites for hydroxylation is 1. The largest absolute Gasteiger partial charge is 0.507 e. The molecular weight excluding hydrogens is 496 g/mol. The molecule has 1 N–H and O–H groups in total. The molecule has 1 amide bonds. The molecule has 1 saturated heterocycles. The molecule has 1 aliphatic rings. The third-order valence-electron chi connectivity index (χ3n) is 6.67. The van der Waals surface area contributed by atoms with Gasteiger partial charge in [-0.05, 0) is 68.5 Å². The van der Waals surface area contributed by atoms with Crippen molar-refractivity contribution in [2.45, 2.75) is 19.6 Å². The summed E-state index contributed by atoms with van der Waals surface area (Å²) >= 11 is 0. The number of Topliss-reactive ketones (excluding diaryl/α,β-unsaturated/α-hetero) is 1. The fourth-order valence-electron chi connectivity index (χ4n) is 4.62. The van der Waals surface area contributed by atoms with Gasteiger partial charge >= 0.3 is 0 Å². The normalized spacial score (nSPS) is 16.6. The van der Waals surface area contributed by atoms with Crippen molar-refractivity contribution < 1.29 is 28.9 Å². The van der Waals surface area contributed by atoms with Gasteiger partial charge in [-0.25, -0.2) is 0 Å². The van der Waals surface area contributed by atoms with Crippen molar-refractivity contribution in [1.29, 1.82) is 0 Å². The zero-order valence-electron chi connectivity index (χ0n) is 22.9. The third-order valence-corrected chi connectivity index (χ3v) is 6.67. The van der Waals surface area contributed by atoms with E-state index in [0.717, 1.165) is 11.1 Å². The number of benzene rings is 3. The summed E-state index contributed by atoms with van der Waals surface area (Å²) in [6.07, 6.45) is 0. The van der Waals surface area contributed by atoms with Crippen LogP contribution in [0.3, 0.4) is 0 Å². The Morgan fingerprint density at radius 2 is 1.67 bits per heavy atom. The molecule has 8 heteroatoms. The first-order valence-electron chi connectivity index (χ1n) is 12.7. The minimum Gasteiger partial charge on any atom is -0.507 e. The van der Waals surface area contributed by atoms with Gasteiger partial charge in [-0.15, -0.1) is 0 Å². The van der Waals surface area contributed by atoms with Gasteiger partial charge in [0.15, 0.2) is 11.5 Å². The Labute approximate surface area is 229 Å². The van der Waals surface area contributed by atoms with E-state index in [1.54, 1.807) is 42.5 Å². The highest BCUT2D eigenvalue weighted by molar-refractivity contribution is 6.46. The lowest BCUT2D eigenvalue weighted by molar-refractivity contribution is -0.140. The van der Waals surface area contributed by atoms with Crippen molar-refractivity contribution in [3.8, 4) is 17.2 Å². The molecule has 4 rings (SSSR count). The van der Waals surface area contributed by atoms with Crippen LogP contribution in [0.2, 0.25) is 0 Å². The van der Waals surface area contributed by atoms with E-state index in [0.29, 0.717) is 48.1 Å². The van der Waals surface area contributed by atoms with Crippen LogP contribution in [0.25, 0.3) is 5.76 Å². The van der Waals surface area contributed by atoms with Gasteiger partial charge in [0.1, 0.15) is 18.1 Å². The van der Waals surface area contributed by atoms with Crippen LogP contribution in [-0.4, -0.2) is 68.0 Å². The number of aliphatic hydroxyl groups is 1. The predicted octanol–water partition coefficient (Wildman–Crippen LogP) is 4.57. The highest BCUT2D eigenvalue weighted by atomic mass is 16.5. The van der Waals surface area contributed by atoms with Gasteiger partial charge < -0.3 is 29.1 Å². The van der Waals surface area contributed by atoms with Crippen LogP contribution in [0.5, 0.6) is 17.2 Å². The molecule has 0 aromatic heterocycles. The Kier molecular flexibility index (Phi) is 8.56. The summed E-state index contributed by atoms with van der Waals surface area (Å²) in [7, 11) is 6.84. The Hall–Kier alpha value is -4.30. The summed E-state index contributed by atoms with van der Waals surface area (Å²) in [6.45, 7) is 3.28. The number of ether oxygens (including phenoxy) is 3. The SMILES string of the molecule is COc1ccc(C2/C(=C(/O)c3ccc(OCc4cccc(C)c4)cc3)C(=O)C(=O)N2CCN(C)C)cc1OC. The van der Waals surface area contributed by atoms with Gasteiger partial charge in [0.25, 0.3) is 11.7 Å². The molecule has 0 aliphatic carbocycles. The Balaban J connectivity index is 1.69. The lowest BCUT2D eigenvalue weighted by atomic mass is 9.95. The zero-order chi connectivity index (χ0) is 28.1. The van der Waals surface area contributed by atoms with Gasteiger partial charge in [0.2, 0.25) is 0 Å². The lowest BCUT2D eigenvalue weighted by Gasteiger charge is -2.27. The van der Waals surface area contributed by atoms with E-state index in [1.165, 1.54) is 19.1 Å². The molecule has 39 heavy (non-hydrogen) atoms. The van der Waals surface area contributed by atoms with Crippen LogP contribution in [0, 0.1) is 6.92 Å². The van der Waals surface area contributed by atoms with E-state index in [2.05, 4.69) is 6.07 Å². The molecule has 0 bridgehead atoms. The number of amides is 1. The number of nitrogens with zero attached hydrogens (tertiary/aromatic N) is 2. The second-order valence-corrected chi connectivity index (χ2v) is 9.71. The standard InChI is InChI=1S/C31H34N2O6/c1-20-7-6-8-21(17-20)19-39-24-12-9-22(10-13-24)29(34)27-28(23-11-14-25(37-4)26(18-23)38-5)33(16-15-32(2)3)31(36)30(27)35/h6-14,17-18,28,34H,15-16,19H2,1-5H3/b29-27-. The summed E-state index contributed by atoms with van der Waals surface area (Å²) < 4.78 is 16.7. The van der Waals surface area contributed by atoms with Crippen LogP contribution in [0.15, 0.2) is 72.3 Å². The number of rotatable bonds is 10. The van der Waals surface area contributed by atoms with E-state index in [-0.39, 0.29) is 11.3 Å². The number of hydrogen-bond donors (Lipinski definition) is 1. The Morgan fingerprint density at radius 3 is 2.31 bits per heavy atom. The van der Waals surface area contributed by atoms with Crippen molar-refractivity contribution in [2.24, 2.45) is 0 Å². The molecule has 3 aromatic carbocycles. The number of ketones is 1. The summed E-state index contributed by atoms with van der Waals surface area (Å²) in [5.41, 5.74) is 3.27. The predicted molar refractivity (Wildman–Crippen MR) is 149 cm³/mol. The molecule has 204 valence electrons. The van der Waals surface area contributed by atoms with Crippen LogP contribution in [0.1, 0.15) is 28.3 Å². The van der Waals surface area contributed by atoms with Gasteiger partial charge in [0.05, 0.1) is 25.8 Å². The molecule has 1 heterocycles. The van der Waals surface area contributed by atoms with Crippen LogP contribution >= 0.6 is 0 Å². The second kappa shape index (κ2) is 12.0. The van der Waals surface area contributed by atoms with Gasteiger partial charge in [0, 0.05) is 18.7 Å². The second-order valence-electron chi connectivity index (χ2n) is 9.71. The summed E-state index contributed by atoms with van der Waals surface area (Å²) in [6, 6.07) is 19.3. The molecule has 1 aliphatic heterocycles. The molecule has 0 saturated carbocycles. The van der Waals surface area contributed by atoms with Crippen molar-refractivity contribution in [2.75, 3.05) is 41.4 Å². The molecule has 1 atom stereocenters. The quantitative estimate of drug-likeness (QED) is 0.233. The molecule has 8 nitrogen and oxygen atoms in total. The number of likely N-dealkylation sites (N-methyl/N-ethyl adjacent to an activating group) is 1. The van der Waals surface area contributed by atoms with E-state index < -0.39 is 17.7 Å². The van der Waals surface area contributed by atoms with Crippen LogP contribution < -0.4 is 14.2 Å². The first-order chi connectivity index (χ1) is 18.7. The van der Waals surface area contributed by atoms with Crippen molar-refractivity contribution >= 4 is 17.4 Å². The van der Waals surface area contributed by atoms with Crippen molar-refractivity contribution in [3.63, 3.8) is 0 Å². The van der Waals surface area contributed by atoms with E-state index in [4.69, 9.17) is 14.2 Å². The minimum atomic E-state index is -0.790. The number of hydrogen-bond acceptors (Lipinski definition) is 7. The van der Waals surface area contributed by atoms with E-state index in [1.807, 2.05) is 44.1 Å². The Morgan fingerprint density at radius 1 is 0.949 bits per heavy atom. The number of methoxy groups -OCH3 is 2. The maximum atomic E-state index is 13.3. The average Bonchev–Trinajstić information content (AvgIpc) is 3.19.